The number of aromatic nitrogens is 1. The van der Waals surface area contributed by atoms with E-state index >= 15 is 0 Å². The summed E-state index contributed by atoms with van der Waals surface area (Å²) in [4.78, 5) is 6.92. The minimum Gasteiger partial charge on any atom is -0.454 e. The molecule has 0 radical (unpaired) electrons. The van der Waals surface area contributed by atoms with Gasteiger partial charge in [0.15, 0.2) is 11.5 Å². The molecule has 1 aromatic heterocycles. The van der Waals surface area contributed by atoms with Crippen LogP contribution >= 0.6 is 0 Å². The Hall–Kier alpha value is -2.31. The van der Waals surface area contributed by atoms with E-state index in [0.29, 0.717) is 12.7 Å². The molecule has 1 atom stereocenters. The summed E-state index contributed by atoms with van der Waals surface area (Å²) in [5.74, 6) is 3.31. The third-order valence-electron chi connectivity index (χ3n) is 5.01. The molecule has 6 nitrogen and oxygen atoms in total. The molecule has 3 heterocycles. The number of hydrogen-bond donors (Lipinski definition) is 1. The zero-order valence-electron chi connectivity index (χ0n) is 15.8. The molecule has 2 aromatic rings. The van der Waals surface area contributed by atoms with Crippen LogP contribution in [0.5, 0.6) is 11.5 Å². The summed E-state index contributed by atoms with van der Waals surface area (Å²) < 4.78 is 16.3. The van der Waals surface area contributed by atoms with Gasteiger partial charge in [0.05, 0.1) is 13.2 Å². The summed E-state index contributed by atoms with van der Waals surface area (Å²) in [7, 11) is 0. The molecule has 1 aromatic carbocycles. The van der Waals surface area contributed by atoms with E-state index < -0.39 is 0 Å². The van der Waals surface area contributed by atoms with Gasteiger partial charge in [0, 0.05) is 31.4 Å². The maximum absolute atomic E-state index is 5.47. The summed E-state index contributed by atoms with van der Waals surface area (Å²) in [5, 5.41) is 3.60. The zero-order chi connectivity index (χ0) is 18.5. The lowest BCUT2D eigenvalue weighted by molar-refractivity contribution is 0.122. The Bertz CT molecular complexity index is 762. The van der Waals surface area contributed by atoms with Gasteiger partial charge in [-0.3, -0.25) is 0 Å². The Balaban J connectivity index is 1.29. The molecule has 1 fully saturated rings. The van der Waals surface area contributed by atoms with Crippen molar-refractivity contribution in [3.8, 4) is 11.5 Å². The molecular weight excluding hydrogens is 342 g/mol. The number of benzene rings is 1. The molecule has 2 aliphatic rings. The summed E-state index contributed by atoms with van der Waals surface area (Å²) in [6, 6.07) is 10.4. The van der Waals surface area contributed by atoms with Crippen molar-refractivity contribution in [3.05, 3.63) is 47.7 Å². The van der Waals surface area contributed by atoms with Crippen molar-refractivity contribution in [1.29, 1.82) is 0 Å². The van der Waals surface area contributed by atoms with Crippen LogP contribution in [0.1, 0.15) is 18.1 Å². The third-order valence-corrected chi connectivity index (χ3v) is 5.01. The number of rotatable bonds is 7. The maximum atomic E-state index is 5.47. The lowest BCUT2D eigenvalue weighted by Gasteiger charge is -2.29. The van der Waals surface area contributed by atoms with Gasteiger partial charge in [0.1, 0.15) is 5.82 Å². The van der Waals surface area contributed by atoms with E-state index in [0.717, 1.165) is 63.1 Å². The summed E-state index contributed by atoms with van der Waals surface area (Å²) in [6.45, 7) is 7.73. The molecule has 0 aliphatic carbocycles. The minimum atomic E-state index is 0.326. The van der Waals surface area contributed by atoms with E-state index in [4.69, 9.17) is 14.2 Å². The first-order chi connectivity index (χ1) is 13.3. The molecule has 27 heavy (non-hydrogen) atoms. The highest BCUT2D eigenvalue weighted by Gasteiger charge is 2.16. The molecule has 0 amide bonds. The molecule has 0 bridgehead atoms. The number of anilines is 1. The predicted octanol–water partition coefficient (Wildman–Crippen LogP) is 2.62. The van der Waals surface area contributed by atoms with Gasteiger partial charge in [-0.05, 0) is 42.6 Å². The Labute approximate surface area is 160 Å². The van der Waals surface area contributed by atoms with Gasteiger partial charge in [-0.15, -0.1) is 0 Å². The second-order valence-electron chi connectivity index (χ2n) is 7.21. The first-order valence-corrected chi connectivity index (χ1v) is 9.65. The van der Waals surface area contributed by atoms with E-state index in [2.05, 4.69) is 40.3 Å². The van der Waals surface area contributed by atoms with Crippen LogP contribution in [0.2, 0.25) is 0 Å². The average molecular weight is 369 g/mol. The molecule has 1 N–H and O–H groups in total. The van der Waals surface area contributed by atoms with Crippen LogP contribution in [-0.4, -0.2) is 44.6 Å². The van der Waals surface area contributed by atoms with E-state index in [1.54, 1.807) is 0 Å². The Kier molecular flexibility index (Phi) is 5.75. The normalized spacial score (nSPS) is 17.1. The molecule has 0 spiro atoms. The molecular formula is C21H27N3O3. The van der Waals surface area contributed by atoms with Crippen LogP contribution in [0, 0.1) is 5.92 Å². The van der Waals surface area contributed by atoms with Crippen LogP contribution < -0.4 is 19.7 Å². The minimum absolute atomic E-state index is 0.326. The largest absolute Gasteiger partial charge is 0.454 e. The number of nitrogens with one attached hydrogen (secondary N) is 1. The molecule has 0 unspecified atom stereocenters. The first kappa shape index (κ1) is 18.1. The summed E-state index contributed by atoms with van der Waals surface area (Å²) in [5.41, 5.74) is 2.53. The predicted molar refractivity (Wildman–Crippen MR) is 104 cm³/mol. The van der Waals surface area contributed by atoms with E-state index in [1.807, 2.05) is 18.3 Å². The van der Waals surface area contributed by atoms with Crippen LogP contribution in [0.4, 0.5) is 5.82 Å². The van der Waals surface area contributed by atoms with Gasteiger partial charge < -0.3 is 24.4 Å². The van der Waals surface area contributed by atoms with Gasteiger partial charge in [-0.25, -0.2) is 4.98 Å². The van der Waals surface area contributed by atoms with Crippen molar-refractivity contribution in [2.24, 2.45) is 5.92 Å². The fraction of sp³-hybridized carbons (Fsp3) is 0.476. The molecule has 4 rings (SSSR count). The number of pyridine rings is 1. The molecule has 0 saturated carbocycles. The molecule has 2 aliphatic heterocycles. The highest BCUT2D eigenvalue weighted by molar-refractivity contribution is 5.47. The standard InChI is InChI=1S/C21H27N3O3/c1-16(11-17-4-5-19-20(12-17)27-15-26-19)13-22-14-18-3-2-6-23-21(18)24-7-9-25-10-8-24/h2-6,12,16,22H,7-11,13-15H2,1H3/t16-/m0/s1. The quantitative estimate of drug-likeness (QED) is 0.810. The van der Waals surface area contributed by atoms with E-state index in [9.17, 15) is 0 Å². The lowest BCUT2D eigenvalue weighted by Crippen LogP contribution is -2.37. The van der Waals surface area contributed by atoms with Crippen LogP contribution in [-0.2, 0) is 17.7 Å². The summed E-state index contributed by atoms with van der Waals surface area (Å²) >= 11 is 0. The fourth-order valence-electron chi connectivity index (χ4n) is 3.62. The number of fused-ring (bicyclic) bond motifs is 1. The Morgan fingerprint density at radius 2 is 2.00 bits per heavy atom. The fourth-order valence-corrected chi connectivity index (χ4v) is 3.62. The SMILES string of the molecule is C[C@H](CNCc1cccnc1N1CCOCC1)Cc1ccc2c(c1)OCO2. The van der Waals surface area contributed by atoms with Crippen molar-refractivity contribution in [1.82, 2.24) is 10.3 Å². The number of ether oxygens (including phenoxy) is 3. The van der Waals surface area contributed by atoms with Crippen LogP contribution in [0.25, 0.3) is 0 Å². The van der Waals surface area contributed by atoms with Crippen molar-refractivity contribution in [2.75, 3.05) is 44.5 Å². The molecule has 6 heteroatoms. The molecule has 1 saturated heterocycles. The van der Waals surface area contributed by atoms with Gasteiger partial charge in [0.2, 0.25) is 6.79 Å². The zero-order valence-corrected chi connectivity index (χ0v) is 15.8. The van der Waals surface area contributed by atoms with Gasteiger partial charge in [0.25, 0.3) is 0 Å². The second kappa shape index (κ2) is 8.59. The van der Waals surface area contributed by atoms with E-state index in [-0.39, 0.29) is 0 Å². The van der Waals surface area contributed by atoms with Crippen molar-refractivity contribution in [3.63, 3.8) is 0 Å². The number of hydrogen-bond acceptors (Lipinski definition) is 6. The monoisotopic (exact) mass is 369 g/mol. The van der Waals surface area contributed by atoms with Gasteiger partial charge in [-0.2, -0.15) is 0 Å². The average Bonchev–Trinajstić information content (AvgIpc) is 3.17. The van der Waals surface area contributed by atoms with Crippen LogP contribution in [0.15, 0.2) is 36.5 Å². The highest BCUT2D eigenvalue weighted by Crippen LogP contribution is 2.33. The second-order valence-corrected chi connectivity index (χ2v) is 7.21. The number of morpholine rings is 1. The lowest BCUT2D eigenvalue weighted by atomic mass is 10.0. The van der Waals surface area contributed by atoms with E-state index in [1.165, 1.54) is 11.1 Å². The Morgan fingerprint density at radius 3 is 2.89 bits per heavy atom. The van der Waals surface area contributed by atoms with Crippen LogP contribution in [0.3, 0.4) is 0 Å². The summed E-state index contributed by atoms with van der Waals surface area (Å²) in [6.07, 6.45) is 2.88. The third kappa shape index (κ3) is 4.51. The number of nitrogens with zero attached hydrogens (tertiary/aromatic N) is 2. The first-order valence-electron chi connectivity index (χ1n) is 9.65. The molecule has 144 valence electrons. The van der Waals surface area contributed by atoms with Crippen molar-refractivity contribution < 1.29 is 14.2 Å². The Morgan fingerprint density at radius 1 is 1.15 bits per heavy atom. The van der Waals surface area contributed by atoms with Crippen molar-refractivity contribution in [2.45, 2.75) is 19.9 Å². The highest BCUT2D eigenvalue weighted by atomic mass is 16.7. The topological polar surface area (TPSA) is 55.9 Å². The maximum Gasteiger partial charge on any atom is 0.231 e. The van der Waals surface area contributed by atoms with Crippen molar-refractivity contribution >= 4 is 5.82 Å². The van der Waals surface area contributed by atoms with Gasteiger partial charge >= 0.3 is 0 Å². The van der Waals surface area contributed by atoms with Gasteiger partial charge in [-0.1, -0.05) is 19.1 Å². The smallest absolute Gasteiger partial charge is 0.231 e.